The Morgan fingerprint density at radius 3 is 2.06 bits per heavy atom. The van der Waals surface area contributed by atoms with Crippen LogP contribution in [0.1, 0.15) is 17.2 Å². The van der Waals surface area contributed by atoms with Crippen LogP contribution in [-0.4, -0.2) is 31.0 Å². The van der Waals surface area contributed by atoms with Crippen molar-refractivity contribution in [1.29, 1.82) is 0 Å². The first kappa shape index (κ1) is 23.6. The molecule has 0 bridgehead atoms. The topological polar surface area (TPSA) is 76.1 Å². The number of hydrogen-bond acceptors (Lipinski definition) is 5. The second kappa shape index (κ2) is 9.37. The van der Waals surface area contributed by atoms with Gasteiger partial charge < -0.3 is 14.6 Å². The van der Waals surface area contributed by atoms with Crippen molar-refractivity contribution in [1.82, 2.24) is 0 Å². The van der Waals surface area contributed by atoms with Gasteiger partial charge in [-0.3, -0.25) is 14.5 Å². The summed E-state index contributed by atoms with van der Waals surface area (Å²) in [7, 11) is 2.90. The number of anilines is 1. The average molecular weight is 502 g/mol. The van der Waals surface area contributed by atoms with Gasteiger partial charge in [-0.25, -0.2) is 4.39 Å². The lowest BCUT2D eigenvalue weighted by atomic mass is 9.95. The third-order valence-corrected chi connectivity index (χ3v) is 6.02. The second-order valence-electron chi connectivity index (χ2n) is 7.39. The number of benzene rings is 3. The molecule has 0 aromatic heterocycles. The molecule has 0 aliphatic carbocycles. The van der Waals surface area contributed by atoms with Crippen LogP contribution in [0.3, 0.4) is 0 Å². The van der Waals surface area contributed by atoms with Crippen molar-refractivity contribution < 1.29 is 28.6 Å². The van der Waals surface area contributed by atoms with Gasteiger partial charge in [0.25, 0.3) is 11.7 Å². The maximum atomic E-state index is 13.6. The number of methoxy groups -OCH3 is 2. The molecule has 0 radical (unpaired) electrons. The van der Waals surface area contributed by atoms with Crippen molar-refractivity contribution in [2.45, 2.75) is 6.04 Å². The van der Waals surface area contributed by atoms with Crippen LogP contribution in [0.4, 0.5) is 10.1 Å². The van der Waals surface area contributed by atoms with Crippen LogP contribution in [0, 0.1) is 5.82 Å². The highest BCUT2D eigenvalue weighted by Gasteiger charge is 2.47. The Morgan fingerprint density at radius 1 is 0.941 bits per heavy atom. The SMILES string of the molecule is COc1ccc(N2C(=O)C(=O)/C(=C(/O)c3cc(Cl)c(OC)c(Cl)c3)C2c2ccc(F)cc2)cc1. The highest BCUT2D eigenvalue weighted by molar-refractivity contribution is 6.51. The summed E-state index contributed by atoms with van der Waals surface area (Å²) in [5.41, 5.74) is 0.742. The number of ether oxygens (including phenoxy) is 2. The molecule has 34 heavy (non-hydrogen) atoms. The summed E-state index contributed by atoms with van der Waals surface area (Å²) in [5.74, 6) is -1.97. The van der Waals surface area contributed by atoms with Crippen LogP contribution >= 0.6 is 23.2 Å². The van der Waals surface area contributed by atoms with Crippen LogP contribution in [-0.2, 0) is 9.59 Å². The minimum atomic E-state index is -1.03. The van der Waals surface area contributed by atoms with Crippen molar-refractivity contribution in [3.8, 4) is 11.5 Å². The number of hydrogen-bond donors (Lipinski definition) is 1. The van der Waals surface area contributed by atoms with Crippen molar-refractivity contribution in [2.75, 3.05) is 19.1 Å². The van der Waals surface area contributed by atoms with Gasteiger partial charge in [-0.2, -0.15) is 0 Å². The summed E-state index contributed by atoms with van der Waals surface area (Å²) in [6, 6.07) is 13.5. The summed E-state index contributed by atoms with van der Waals surface area (Å²) in [6.45, 7) is 0. The van der Waals surface area contributed by atoms with E-state index in [2.05, 4.69) is 0 Å². The van der Waals surface area contributed by atoms with Crippen molar-refractivity contribution in [3.05, 3.63) is 93.2 Å². The zero-order valence-electron chi connectivity index (χ0n) is 18.0. The van der Waals surface area contributed by atoms with Gasteiger partial charge in [-0.1, -0.05) is 35.3 Å². The smallest absolute Gasteiger partial charge is 0.300 e. The highest BCUT2D eigenvalue weighted by Crippen LogP contribution is 2.44. The third kappa shape index (κ3) is 4.08. The Bertz CT molecular complexity index is 1280. The summed E-state index contributed by atoms with van der Waals surface area (Å²) in [4.78, 5) is 27.6. The largest absolute Gasteiger partial charge is 0.507 e. The van der Waals surface area contributed by atoms with E-state index in [1.54, 1.807) is 24.3 Å². The fraction of sp³-hybridized carbons (Fsp3) is 0.120. The predicted molar refractivity (Wildman–Crippen MR) is 127 cm³/mol. The summed E-state index contributed by atoms with van der Waals surface area (Å²) >= 11 is 12.4. The van der Waals surface area contributed by atoms with E-state index in [1.807, 2.05) is 0 Å². The van der Waals surface area contributed by atoms with Gasteiger partial charge in [-0.15, -0.1) is 0 Å². The van der Waals surface area contributed by atoms with Crippen LogP contribution in [0.15, 0.2) is 66.2 Å². The first-order valence-corrected chi connectivity index (χ1v) is 10.8. The predicted octanol–water partition coefficient (Wildman–Crippen LogP) is 5.78. The van der Waals surface area contributed by atoms with Gasteiger partial charge in [-0.05, 0) is 54.1 Å². The Kier molecular flexibility index (Phi) is 6.50. The Labute approximate surface area is 204 Å². The van der Waals surface area contributed by atoms with Crippen LogP contribution < -0.4 is 14.4 Å². The lowest BCUT2D eigenvalue weighted by Crippen LogP contribution is -2.29. The number of aliphatic hydroxyl groups excluding tert-OH is 1. The maximum Gasteiger partial charge on any atom is 0.300 e. The maximum absolute atomic E-state index is 13.6. The Morgan fingerprint density at radius 2 is 1.53 bits per heavy atom. The molecule has 1 fully saturated rings. The molecule has 1 atom stereocenters. The van der Waals surface area contributed by atoms with Gasteiger partial charge in [0.2, 0.25) is 0 Å². The normalized spacial score (nSPS) is 17.2. The molecule has 1 unspecified atom stereocenters. The number of amides is 1. The van der Waals surface area contributed by atoms with E-state index in [0.29, 0.717) is 17.0 Å². The van der Waals surface area contributed by atoms with Crippen LogP contribution in [0.25, 0.3) is 5.76 Å². The average Bonchev–Trinajstić information content (AvgIpc) is 3.09. The van der Waals surface area contributed by atoms with Gasteiger partial charge in [0.1, 0.15) is 17.3 Å². The van der Waals surface area contributed by atoms with E-state index in [1.165, 1.54) is 55.5 Å². The van der Waals surface area contributed by atoms with E-state index in [4.69, 9.17) is 32.7 Å². The van der Waals surface area contributed by atoms with Crippen LogP contribution in [0.2, 0.25) is 10.0 Å². The number of halogens is 3. The molecule has 9 heteroatoms. The summed E-state index contributed by atoms with van der Waals surface area (Å²) < 4.78 is 23.9. The number of Topliss-reactive ketones (excluding diaryl/α,β-unsaturated/α-hetero) is 1. The number of rotatable bonds is 5. The molecule has 4 rings (SSSR count). The molecule has 1 saturated heterocycles. The van der Waals surface area contributed by atoms with E-state index >= 15 is 0 Å². The van der Waals surface area contributed by atoms with Crippen molar-refractivity contribution in [2.24, 2.45) is 0 Å². The monoisotopic (exact) mass is 501 g/mol. The molecular formula is C25H18Cl2FNO5. The highest BCUT2D eigenvalue weighted by atomic mass is 35.5. The lowest BCUT2D eigenvalue weighted by Gasteiger charge is -2.25. The quantitative estimate of drug-likeness (QED) is 0.272. The molecule has 0 saturated carbocycles. The van der Waals surface area contributed by atoms with Crippen LogP contribution in [0.5, 0.6) is 11.5 Å². The fourth-order valence-electron chi connectivity index (χ4n) is 3.85. The molecule has 1 heterocycles. The van der Waals surface area contributed by atoms with Gasteiger partial charge in [0, 0.05) is 11.3 Å². The number of carbonyl (C=O) groups is 2. The summed E-state index contributed by atoms with van der Waals surface area (Å²) in [6.07, 6.45) is 0. The molecule has 0 spiro atoms. The zero-order valence-corrected chi connectivity index (χ0v) is 19.5. The van der Waals surface area contributed by atoms with E-state index in [0.717, 1.165) is 0 Å². The minimum absolute atomic E-state index is 0.110. The number of ketones is 1. The van der Waals surface area contributed by atoms with Crippen molar-refractivity contribution >= 4 is 46.3 Å². The van der Waals surface area contributed by atoms with Gasteiger partial charge >= 0.3 is 0 Å². The van der Waals surface area contributed by atoms with Gasteiger partial charge in [0.05, 0.1) is 35.9 Å². The molecule has 6 nitrogen and oxygen atoms in total. The molecule has 174 valence electrons. The first-order valence-electron chi connectivity index (χ1n) is 10.0. The molecule has 1 N–H and O–H groups in total. The standard InChI is InChI=1S/C25H18Cl2FNO5/c1-33-17-9-7-16(8-10-17)29-21(13-3-5-15(28)6-4-13)20(23(31)25(29)32)22(30)14-11-18(26)24(34-2)19(27)12-14/h3-12,21,30H,1-2H3/b22-20+. The van der Waals surface area contributed by atoms with E-state index < -0.39 is 29.3 Å². The second-order valence-corrected chi connectivity index (χ2v) is 8.21. The molecular weight excluding hydrogens is 484 g/mol. The van der Waals surface area contributed by atoms with E-state index in [9.17, 15) is 19.1 Å². The zero-order chi connectivity index (χ0) is 24.6. The molecule has 3 aromatic rings. The number of aliphatic hydroxyl groups is 1. The lowest BCUT2D eigenvalue weighted by molar-refractivity contribution is -0.132. The van der Waals surface area contributed by atoms with Crippen molar-refractivity contribution in [3.63, 3.8) is 0 Å². The summed E-state index contributed by atoms with van der Waals surface area (Å²) in [5, 5.41) is 11.4. The van der Waals surface area contributed by atoms with Gasteiger partial charge in [0.15, 0.2) is 5.75 Å². The fourth-order valence-corrected chi connectivity index (χ4v) is 4.49. The Balaban J connectivity index is 1.93. The third-order valence-electron chi connectivity index (χ3n) is 5.46. The first-order chi connectivity index (χ1) is 16.3. The number of carbonyl (C=O) groups excluding carboxylic acids is 2. The molecule has 1 aliphatic heterocycles. The molecule has 3 aromatic carbocycles. The Hall–Kier alpha value is -3.55. The molecule has 1 amide bonds. The van der Waals surface area contributed by atoms with E-state index in [-0.39, 0.29) is 26.9 Å². The minimum Gasteiger partial charge on any atom is -0.507 e. The number of nitrogens with zero attached hydrogens (tertiary/aromatic N) is 1. The molecule has 1 aliphatic rings.